The van der Waals surface area contributed by atoms with E-state index < -0.39 is 0 Å². The number of hydrogen-bond acceptors (Lipinski definition) is 2. The highest BCUT2D eigenvalue weighted by molar-refractivity contribution is 5.73. The summed E-state index contributed by atoms with van der Waals surface area (Å²) >= 11 is 0. The van der Waals surface area contributed by atoms with Gasteiger partial charge in [0.1, 0.15) is 0 Å². The number of piperidine rings is 1. The highest BCUT2D eigenvalue weighted by Gasteiger charge is 2.27. The van der Waals surface area contributed by atoms with E-state index in [0.29, 0.717) is 12.1 Å². The van der Waals surface area contributed by atoms with Gasteiger partial charge >= 0.3 is 6.03 Å². The quantitative estimate of drug-likeness (QED) is 0.820. The van der Waals surface area contributed by atoms with Crippen LogP contribution in [-0.4, -0.2) is 55.1 Å². The van der Waals surface area contributed by atoms with E-state index in [-0.39, 0.29) is 11.4 Å². The molecule has 4 nitrogen and oxygen atoms in total. The van der Waals surface area contributed by atoms with Crippen LogP contribution in [0.5, 0.6) is 0 Å². The molecule has 0 aromatic carbocycles. The molecular weight excluding hydrogens is 226 g/mol. The second kappa shape index (κ2) is 5.91. The molecule has 106 valence electrons. The second-order valence-corrected chi connectivity index (χ2v) is 6.69. The Morgan fingerprint density at radius 2 is 1.78 bits per heavy atom. The number of carbonyl (C=O) groups is 1. The molecule has 0 aliphatic carbocycles. The Hall–Kier alpha value is -0.770. The van der Waals surface area contributed by atoms with Gasteiger partial charge in [-0.3, -0.25) is 0 Å². The Morgan fingerprint density at radius 3 is 2.17 bits per heavy atom. The number of carbonyl (C=O) groups excluding carboxylic acids is 1. The summed E-state index contributed by atoms with van der Waals surface area (Å²) in [6.07, 6.45) is 2.11. The zero-order valence-electron chi connectivity index (χ0n) is 12.8. The number of rotatable bonds is 2. The van der Waals surface area contributed by atoms with Crippen LogP contribution >= 0.6 is 0 Å². The molecule has 0 spiro atoms. The highest BCUT2D eigenvalue weighted by Crippen LogP contribution is 2.21. The molecule has 0 bridgehead atoms. The fraction of sp³-hybridized carbons (Fsp3) is 0.929. The van der Waals surface area contributed by atoms with Gasteiger partial charge in [-0.15, -0.1) is 0 Å². The topological polar surface area (TPSA) is 35.6 Å². The van der Waals surface area contributed by atoms with Gasteiger partial charge < -0.3 is 15.1 Å². The summed E-state index contributed by atoms with van der Waals surface area (Å²) in [6, 6.07) is 1.18. The summed E-state index contributed by atoms with van der Waals surface area (Å²) < 4.78 is 0. The summed E-state index contributed by atoms with van der Waals surface area (Å²) in [5.41, 5.74) is 0.288. The van der Waals surface area contributed by atoms with Crippen molar-refractivity contribution in [3.63, 3.8) is 0 Å². The Labute approximate surface area is 112 Å². The average molecular weight is 255 g/mol. The van der Waals surface area contributed by atoms with Crippen molar-refractivity contribution in [2.45, 2.75) is 52.6 Å². The Balaban J connectivity index is 2.38. The lowest BCUT2D eigenvalue weighted by atomic mass is 9.87. The van der Waals surface area contributed by atoms with Gasteiger partial charge in [-0.05, 0) is 25.2 Å². The third-order valence-electron chi connectivity index (χ3n) is 3.93. The van der Waals surface area contributed by atoms with Crippen LogP contribution in [0, 0.1) is 5.41 Å². The van der Waals surface area contributed by atoms with Crippen molar-refractivity contribution in [1.29, 1.82) is 0 Å². The predicted octanol–water partition coefficient (Wildman–Crippen LogP) is 2.16. The molecule has 18 heavy (non-hydrogen) atoms. The number of amides is 2. The van der Waals surface area contributed by atoms with Gasteiger partial charge in [0.2, 0.25) is 0 Å². The fourth-order valence-corrected chi connectivity index (χ4v) is 2.12. The minimum absolute atomic E-state index is 0.136. The molecule has 0 aromatic rings. The van der Waals surface area contributed by atoms with E-state index in [4.69, 9.17) is 0 Å². The van der Waals surface area contributed by atoms with E-state index in [1.807, 2.05) is 19.0 Å². The minimum Gasteiger partial charge on any atom is -0.331 e. The standard InChI is InChI=1S/C14H29N3O/c1-11(14(2,3)4)15-12-7-9-17(10-8-12)13(18)16(5)6/h11-12,15H,7-10H2,1-6H3. The molecule has 1 unspecified atom stereocenters. The maximum atomic E-state index is 11.8. The number of likely N-dealkylation sites (tertiary alicyclic amines) is 1. The van der Waals surface area contributed by atoms with Crippen LogP contribution in [-0.2, 0) is 0 Å². The van der Waals surface area contributed by atoms with Gasteiger partial charge in [-0.2, -0.15) is 0 Å². The Bertz CT molecular complexity index is 275. The smallest absolute Gasteiger partial charge is 0.319 e. The lowest BCUT2D eigenvalue weighted by Crippen LogP contribution is -2.51. The molecule has 2 amide bonds. The van der Waals surface area contributed by atoms with Crippen LogP contribution in [0.25, 0.3) is 0 Å². The third-order valence-corrected chi connectivity index (χ3v) is 3.93. The largest absolute Gasteiger partial charge is 0.331 e. The van der Waals surface area contributed by atoms with Crippen LogP contribution in [0.15, 0.2) is 0 Å². The monoisotopic (exact) mass is 255 g/mol. The first-order valence-electron chi connectivity index (χ1n) is 6.94. The molecular formula is C14H29N3O. The molecule has 1 aliphatic rings. The zero-order valence-corrected chi connectivity index (χ0v) is 12.8. The maximum absolute atomic E-state index is 11.8. The number of nitrogens with zero attached hydrogens (tertiary/aromatic N) is 2. The highest BCUT2D eigenvalue weighted by atomic mass is 16.2. The first-order valence-corrected chi connectivity index (χ1v) is 6.94. The zero-order chi connectivity index (χ0) is 13.9. The van der Waals surface area contributed by atoms with Gasteiger partial charge in [-0.1, -0.05) is 20.8 Å². The molecule has 1 rings (SSSR count). The van der Waals surface area contributed by atoms with Crippen molar-refractivity contribution in [1.82, 2.24) is 15.1 Å². The molecule has 0 radical (unpaired) electrons. The SMILES string of the molecule is CC(NC1CCN(C(=O)N(C)C)CC1)C(C)(C)C. The molecule has 1 aliphatic heterocycles. The van der Waals surface area contributed by atoms with E-state index >= 15 is 0 Å². The van der Waals surface area contributed by atoms with Gasteiger partial charge in [0.25, 0.3) is 0 Å². The second-order valence-electron chi connectivity index (χ2n) is 6.69. The Morgan fingerprint density at radius 1 is 1.28 bits per heavy atom. The molecule has 1 heterocycles. The number of nitrogens with one attached hydrogen (secondary N) is 1. The van der Waals surface area contributed by atoms with Crippen molar-refractivity contribution in [3.8, 4) is 0 Å². The third kappa shape index (κ3) is 4.16. The van der Waals surface area contributed by atoms with E-state index in [2.05, 4.69) is 33.0 Å². The molecule has 1 fully saturated rings. The van der Waals surface area contributed by atoms with Gasteiger partial charge in [0, 0.05) is 39.3 Å². The van der Waals surface area contributed by atoms with Crippen LogP contribution in [0.4, 0.5) is 4.79 Å². The minimum atomic E-state index is 0.136. The van der Waals surface area contributed by atoms with E-state index in [1.54, 1.807) is 4.90 Å². The molecule has 4 heteroatoms. The normalized spacial score (nSPS) is 19.8. The van der Waals surface area contributed by atoms with Gasteiger partial charge in [0.05, 0.1) is 0 Å². The van der Waals surface area contributed by atoms with E-state index in [9.17, 15) is 4.79 Å². The first-order chi connectivity index (χ1) is 8.21. The van der Waals surface area contributed by atoms with Crippen molar-refractivity contribution >= 4 is 6.03 Å². The predicted molar refractivity (Wildman–Crippen MR) is 75.7 cm³/mol. The molecule has 1 atom stereocenters. The van der Waals surface area contributed by atoms with E-state index in [0.717, 1.165) is 25.9 Å². The molecule has 1 saturated heterocycles. The lowest BCUT2D eigenvalue weighted by molar-refractivity contribution is 0.145. The summed E-state index contributed by atoms with van der Waals surface area (Å²) in [7, 11) is 3.63. The van der Waals surface area contributed by atoms with Gasteiger partial charge in [0.15, 0.2) is 0 Å². The van der Waals surface area contributed by atoms with Gasteiger partial charge in [-0.25, -0.2) is 4.79 Å². The van der Waals surface area contributed by atoms with Crippen molar-refractivity contribution in [2.24, 2.45) is 5.41 Å². The molecule has 0 aromatic heterocycles. The Kier molecular flexibility index (Phi) is 5.02. The summed E-state index contributed by atoms with van der Waals surface area (Å²) in [4.78, 5) is 15.4. The fourth-order valence-electron chi connectivity index (χ4n) is 2.12. The van der Waals surface area contributed by atoms with Crippen molar-refractivity contribution in [3.05, 3.63) is 0 Å². The number of hydrogen-bond donors (Lipinski definition) is 1. The number of urea groups is 1. The lowest BCUT2D eigenvalue weighted by Gasteiger charge is -2.38. The summed E-state index contributed by atoms with van der Waals surface area (Å²) in [6.45, 7) is 10.8. The molecule has 0 saturated carbocycles. The van der Waals surface area contributed by atoms with Crippen LogP contribution in [0.1, 0.15) is 40.5 Å². The van der Waals surface area contributed by atoms with Crippen molar-refractivity contribution in [2.75, 3.05) is 27.2 Å². The maximum Gasteiger partial charge on any atom is 0.319 e. The first kappa shape index (κ1) is 15.3. The van der Waals surface area contributed by atoms with Crippen LogP contribution in [0.3, 0.4) is 0 Å². The van der Waals surface area contributed by atoms with Crippen LogP contribution < -0.4 is 5.32 Å². The van der Waals surface area contributed by atoms with E-state index in [1.165, 1.54) is 0 Å². The summed E-state index contributed by atoms with van der Waals surface area (Å²) in [5.74, 6) is 0. The average Bonchev–Trinajstić information content (AvgIpc) is 2.27. The van der Waals surface area contributed by atoms with Crippen molar-refractivity contribution < 1.29 is 4.79 Å². The summed E-state index contributed by atoms with van der Waals surface area (Å²) in [5, 5.41) is 3.70. The molecule has 1 N–H and O–H groups in total. The van der Waals surface area contributed by atoms with Crippen LogP contribution in [0.2, 0.25) is 0 Å².